The molecule has 1 aliphatic carbocycles. The van der Waals surface area contributed by atoms with Crippen molar-refractivity contribution in [1.29, 1.82) is 0 Å². The molecule has 0 bridgehead atoms. The third-order valence-electron chi connectivity index (χ3n) is 6.15. The molecule has 0 spiro atoms. The zero-order chi connectivity index (χ0) is 20.8. The highest BCUT2D eigenvalue weighted by Crippen LogP contribution is 2.33. The van der Waals surface area contributed by atoms with Crippen molar-refractivity contribution in [2.75, 3.05) is 10.4 Å². The van der Waals surface area contributed by atoms with Crippen LogP contribution in [0, 0.1) is 0 Å². The largest absolute Gasteiger partial charge is 0.391 e. The minimum atomic E-state index is -0.318. The molecule has 0 radical (unpaired) electrons. The number of hydrogen-bond donors (Lipinski definition) is 3. The van der Waals surface area contributed by atoms with Gasteiger partial charge in [-0.2, -0.15) is 5.10 Å². The summed E-state index contributed by atoms with van der Waals surface area (Å²) in [4.78, 5) is 9.29. The normalized spacial score (nSPS) is 20.2. The monoisotopic (exact) mass is 413 g/mol. The van der Waals surface area contributed by atoms with E-state index in [9.17, 15) is 5.11 Å². The third kappa shape index (κ3) is 3.30. The maximum absolute atomic E-state index is 10.2. The highest BCUT2D eigenvalue weighted by Gasteiger charge is 2.28. The molecule has 6 rings (SSSR count). The van der Waals surface area contributed by atoms with Crippen LogP contribution in [0.25, 0.3) is 22.2 Å². The SMILES string of the molecule is OC1CCCC1n1cc(-c2ccc3c(n2)N(Cc2ccc4ncccc4c2)NN3)cn1. The first-order chi connectivity index (χ1) is 15.2. The smallest absolute Gasteiger partial charge is 0.170 e. The van der Waals surface area contributed by atoms with E-state index in [2.05, 4.69) is 39.2 Å². The Kier molecular flexibility index (Phi) is 4.33. The van der Waals surface area contributed by atoms with Crippen LogP contribution in [0.5, 0.6) is 0 Å². The predicted molar refractivity (Wildman–Crippen MR) is 119 cm³/mol. The van der Waals surface area contributed by atoms with E-state index in [1.54, 1.807) is 0 Å². The second kappa shape index (κ2) is 7.33. The summed E-state index contributed by atoms with van der Waals surface area (Å²) >= 11 is 0. The van der Waals surface area contributed by atoms with Crippen LogP contribution in [0.2, 0.25) is 0 Å². The first-order valence-corrected chi connectivity index (χ1v) is 10.6. The molecule has 1 aromatic carbocycles. The molecular weight excluding hydrogens is 390 g/mol. The minimum absolute atomic E-state index is 0.0606. The number of aliphatic hydroxyl groups excluding tert-OH is 1. The average molecular weight is 413 g/mol. The summed E-state index contributed by atoms with van der Waals surface area (Å²) in [5, 5.41) is 17.8. The second-order valence-corrected chi connectivity index (χ2v) is 8.20. The molecule has 3 N–H and O–H groups in total. The number of hydrazine groups is 2. The van der Waals surface area contributed by atoms with Crippen molar-refractivity contribution in [2.24, 2.45) is 0 Å². The van der Waals surface area contributed by atoms with Crippen LogP contribution in [0.15, 0.2) is 61.1 Å². The van der Waals surface area contributed by atoms with Crippen LogP contribution in [0.3, 0.4) is 0 Å². The zero-order valence-corrected chi connectivity index (χ0v) is 16.9. The highest BCUT2D eigenvalue weighted by molar-refractivity contribution is 5.79. The first kappa shape index (κ1) is 18.3. The van der Waals surface area contributed by atoms with Gasteiger partial charge < -0.3 is 10.5 Å². The topological polar surface area (TPSA) is 91.1 Å². The number of aliphatic hydroxyl groups is 1. The lowest BCUT2D eigenvalue weighted by atomic mass is 10.1. The zero-order valence-electron chi connectivity index (χ0n) is 16.9. The van der Waals surface area contributed by atoms with Crippen molar-refractivity contribution in [2.45, 2.75) is 38.0 Å². The van der Waals surface area contributed by atoms with Gasteiger partial charge in [-0.25, -0.2) is 4.98 Å². The summed E-state index contributed by atoms with van der Waals surface area (Å²) in [6.45, 7) is 0.662. The molecule has 1 fully saturated rings. The molecule has 4 aromatic rings. The number of rotatable bonds is 4. The van der Waals surface area contributed by atoms with Gasteiger partial charge in [0, 0.05) is 23.3 Å². The van der Waals surface area contributed by atoms with Gasteiger partial charge >= 0.3 is 0 Å². The number of aromatic nitrogens is 4. The summed E-state index contributed by atoms with van der Waals surface area (Å²) in [6.07, 6.45) is 8.15. The Morgan fingerprint density at radius 3 is 3.00 bits per heavy atom. The van der Waals surface area contributed by atoms with Crippen molar-refractivity contribution < 1.29 is 5.11 Å². The molecule has 31 heavy (non-hydrogen) atoms. The fourth-order valence-corrected chi connectivity index (χ4v) is 4.49. The standard InChI is InChI=1S/C23H23N7O/c31-22-5-1-4-21(22)29-14-17(12-25-29)19-8-9-20-23(26-19)30(28-27-20)13-15-6-7-18-16(11-15)3-2-10-24-18/h2-3,6-12,14,21-22,27-28,31H,1,4-5,13H2. The van der Waals surface area contributed by atoms with Gasteiger partial charge in [-0.3, -0.25) is 14.7 Å². The highest BCUT2D eigenvalue weighted by atomic mass is 16.3. The third-order valence-corrected chi connectivity index (χ3v) is 6.15. The fourth-order valence-electron chi connectivity index (χ4n) is 4.49. The van der Waals surface area contributed by atoms with Crippen molar-refractivity contribution in [3.63, 3.8) is 0 Å². The Bertz CT molecular complexity index is 1250. The number of anilines is 2. The van der Waals surface area contributed by atoms with E-state index < -0.39 is 0 Å². The van der Waals surface area contributed by atoms with E-state index in [-0.39, 0.29) is 12.1 Å². The quantitative estimate of drug-likeness (QED) is 0.472. The van der Waals surface area contributed by atoms with Gasteiger partial charge in [0.25, 0.3) is 0 Å². The van der Waals surface area contributed by atoms with Crippen LogP contribution in [0.4, 0.5) is 11.5 Å². The number of nitrogens with one attached hydrogen (secondary N) is 2. The fraction of sp³-hybridized carbons (Fsp3) is 0.261. The lowest BCUT2D eigenvalue weighted by Crippen LogP contribution is -2.35. The molecule has 2 unspecified atom stereocenters. The lowest BCUT2D eigenvalue weighted by Gasteiger charge is -2.17. The Morgan fingerprint density at radius 2 is 2.10 bits per heavy atom. The molecule has 156 valence electrons. The molecule has 8 nitrogen and oxygen atoms in total. The maximum atomic E-state index is 10.2. The molecule has 4 heterocycles. The van der Waals surface area contributed by atoms with E-state index >= 15 is 0 Å². The Balaban J connectivity index is 1.27. The molecule has 2 aliphatic rings. The summed E-state index contributed by atoms with van der Waals surface area (Å²) in [5.74, 6) is 0.845. The van der Waals surface area contributed by atoms with Crippen LogP contribution in [0.1, 0.15) is 30.9 Å². The van der Waals surface area contributed by atoms with Gasteiger partial charge in [-0.05, 0) is 55.2 Å². The van der Waals surface area contributed by atoms with Gasteiger partial charge in [0.15, 0.2) is 5.82 Å². The Hall–Kier alpha value is -3.49. The predicted octanol–water partition coefficient (Wildman–Crippen LogP) is 3.43. The van der Waals surface area contributed by atoms with Gasteiger partial charge in [0.2, 0.25) is 0 Å². The van der Waals surface area contributed by atoms with Crippen LogP contribution in [-0.2, 0) is 6.54 Å². The van der Waals surface area contributed by atoms with Gasteiger partial charge in [0.1, 0.15) is 0 Å². The van der Waals surface area contributed by atoms with Gasteiger partial charge in [0.05, 0.1) is 41.8 Å². The van der Waals surface area contributed by atoms with Crippen molar-refractivity contribution in [3.05, 3.63) is 66.6 Å². The summed E-state index contributed by atoms with van der Waals surface area (Å²) in [6, 6.07) is 14.4. The number of nitrogens with zero attached hydrogens (tertiary/aromatic N) is 5. The molecule has 0 amide bonds. The van der Waals surface area contributed by atoms with Crippen molar-refractivity contribution >= 4 is 22.4 Å². The van der Waals surface area contributed by atoms with Crippen molar-refractivity contribution in [3.8, 4) is 11.3 Å². The molecule has 8 heteroatoms. The molecule has 0 saturated heterocycles. The summed E-state index contributed by atoms with van der Waals surface area (Å²) in [5.41, 5.74) is 11.3. The van der Waals surface area contributed by atoms with Crippen LogP contribution < -0.4 is 16.0 Å². The minimum Gasteiger partial charge on any atom is -0.391 e. The summed E-state index contributed by atoms with van der Waals surface area (Å²) in [7, 11) is 0. The first-order valence-electron chi connectivity index (χ1n) is 10.6. The molecule has 1 saturated carbocycles. The van der Waals surface area contributed by atoms with E-state index in [1.807, 2.05) is 52.5 Å². The molecule has 1 aliphatic heterocycles. The number of pyridine rings is 2. The Morgan fingerprint density at radius 1 is 1.13 bits per heavy atom. The van der Waals surface area contributed by atoms with E-state index in [4.69, 9.17) is 4.98 Å². The Labute approximate surface area is 179 Å². The van der Waals surface area contributed by atoms with Crippen molar-refractivity contribution in [1.82, 2.24) is 25.3 Å². The van der Waals surface area contributed by atoms with Crippen LogP contribution in [-0.4, -0.2) is 31.0 Å². The van der Waals surface area contributed by atoms with E-state index in [1.165, 1.54) is 0 Å². The number of fused-ring (bicyclic) bond motifs is 2. The second-order valence-electron chi connectivity index (χ2n) is 8.20. The molecule has 3 aromatic heterocycles. The van der Waals surface area contributed by atoms with E-state index in [0.717, 1.165) is 58.5 Å². The van der Waals surface area contributed by atoms with Gasteiger partial charge in [-0.1, -0.05) is 12.1 Å². The summed E-state index contributed by atoms with van der Waals surface area (Å²) < 4.78 is 1.89. The molecule has 2 atom stereocenters. The lowest BCUT2D eigenvalue weighted by molar-refractivity contribution is 0.130. The van der Waals surface area contributed by atoms with E-state index in [0.29, 0.717) is 6.54 Å². The average Bonchev–Trinajstić information content (AvgIpc) is 3.53. The maximum Gasteiger partial charge on any atom is 0.170 e. The van der Waals surface area contributed by atoms with Gasteiger partial charge in [-0.15, -0.1) is 5.53 Å². The number of hydrogen-bond acceptors (Lipinski definition) is 7. The number of benzene rings is 1. The van der Waals surface area contributed by atoms with Crippen LogP contribution >= 0.6 is 0 Å². The molecular formula is C23H23N7O.